The number of ether oxygens (including phenoxy) is 1. The molecule has 0 fully saturated rings. The van der Waals surface area contributed by atoms with Crippen molar-refractivity contribution in [3.05, 3.63) is 34.6 Å². The molecular weight excluding hydrogens is 431 g/mol. The Morgan fingerprint density at radius 1 is 0.581 bits per heavy atom. The van der Waals surface area contributed by atoms with Gasteiger partial charge >= 0.3 is 0 Å². The fourth-order valence-corrected chi connectivity index (χ4v) is 4.24. The summed E-state index contributed by atoms with van der Waals surface area (Å²) in [5, 5.41) is 0. The molecule has 0 N–H and O–H groups in total. The van der Waals surface area contributed by atoms with Crippen LogP contribution in [0.15, 0.2) is 0 Å². The van der Waals surface area contributed by atoms with Gasteiger partial charge in [0.2, 0.25) is 5.82 Å². The van der Waals surface area contributed by atoms with Gasteiger partial charge in [0.25, 0.3) is 0 Å². The molecule has 1 aromatic carbocycles. The van der Waals surface area contributed by atoms with Crippen molar-refractivity contribution >= 4 is 11.8 Å². The first kappa shape index (κ1) is 28.2. The van der Waals surface area contributed by atoms with E-state index in [4.69, 9.17) is 4.74 Å². The molecule has 180 valence electrons. The smallest absolute Gasteiger partial charge is 0.200 e. The summed E-state index contributed by atoms with van der Waals surface area (Å²) in [6, 6.07) is 0. The highest BCUT2D eigenvalue weighted by Gasteiger charge is 2.24. The van der Waals surface area contributed by atoms with E-state index < -0.39 is 34.6 Å². The number of thioether (sulfide) groups is 1. The van der Waals surface area contributed by atoms with E-state index in [1.54, 1.807) is 0 Å². The standard InChI is InChI=1S/C24H37F5OS/c1-18(2)30-15-17-31-16-13-11-9-7-5-3-4-6-8-10-12-14-19-20(25)22(27)24(29)23(28)21(19)26/h18H,3-17H2,1-2H3. The lowest BCUT2D eigenvalue weighted by Crippen LogP contribution is -2.07. The van der Waals surface area contributed by atoms with Crippen molar-refractivity contribution in [3.63, 3.8) is 0 Å². The fraction of sp³-hybridized carbons (Fsp3) is 0.750. The molecule has 7 heteroatoms. The average Bonchev–Trinajstić information content (AvgIpc) is 2.74. The summed E-state index contributed by atoms with van der Waals surface area (Å²) in [5.41, 5.74) is -0.696. The highest BCUT2D eigenvalue weighted by molar-refractivity contribution is 7.99. The number of hydrogen-bond donors (Lipinski definition) is 0. The van der Waals surface area contributed by atoms with Crippen LogP contribution in [0.3, 0.4) is 0 Å². The predicted molar refractivity (Wildman–Crippen MR) is 119 cm³/mol. The molecule has 0 saturated carbocycles. The van der Waals surface area contributed by atoms with Gasteiger partial charge in [-0.3, -0.25) is 0 Å². The third kappa shape index (κ3) is 11.6. The van der Waals surface area contributed by atoms with Gasteiger partial charge in [0.15, 0.2) is 23.3 Å². The van der Waals surface area contributed by atoms with Crippen molar-refractivity contribution in [1.82, 2.24) is 0 Å². The predicted octanol–water partition coefficient (Wildman–Crippen LogP) is 8.37. The van der Waals surface area contributed by atoms with Crippen molar-refractivity contribution in [1.29, 1.82) is 0 Å². The molecule has 0 aliphatic rings. The lowest BCUT2D eigenvalue weighted by molar-refractivity contribution is 0.0920. The van der Waals surface area contributed by atoms with E-state index in [1.807, 2.05) is 11.8 Å². The normalized spacial score (nSPS) is 11.6. The van der Waals surface area contributed by atoms with Crippen LogP contribution in [-0.4, -0.2) is 24.2 Å². The van der Waals surface area contributed by atoms with Crippen LogP contribution in [0, 0.1) is 29.1 Å². The Hall–Kier alpha value is -0.820. The van der Waals surface area contributed by atoms with Crippen molar-refractivity contribution < 1.29 is 26.7 Å². The Kier molecular flexibility index (Phi) is 15.3. The fourth-order valence-electron chi connectivity index (χ4n) is 3.41. The zero-order chi connectivity index (χ0) is 23.1. The maximum atomic E-state index is 13.6. The minimum atomic E-state index is -2.09. The van der Waals surface area contributed by atoms with E-state index in [9.17, 15) is 22.0 Å². The van der Waals surface area contributed by atoms with Crippen LogP contribution in [-0.2, 0) is 11.2 Å². The molecule has 31 heavy (non-hydrogen) atoms. The monoisotopic (exact) mass is 468 g/mol. The van der Waals surface area contributed by atoms with Crippen LogP contribution >= 0.6 is 11.8 Å². The topological polar surface area (TPSA) is 9.23 Å². The van der Waals surface area contributed by atoms with Gasteiger partial charge in [0, 0.05) is 11.3 Å². The van der Waals surface area contributed by atoms with Gasteiger partial charge in [-0.1, -0.05) is 57.8 Å². The number of rotatable bonds is 18. The second-order valence-corrected chi connectivity index (χ2v) is 9.44. The minimum absolute atomic E-state index is 0.130. The molecule has 0 aliphatic carbocycles. The van der Waals surface area contributed by atoms with E-state index in [-0.39, 0.29) is 6.42 Å². The van der Waals surface area contributed by atoms with Crippen LogP contribution < -0.4 is 0 Å². The van der Waals surface area contributed by atoms with Gasteiger partial charge in [0.05, 0.1) is 12.7 Å². The summed E-state index contributed by atoms with van der Waals surface area (Å²) in [7, 11) is 0. The number of unbranched alkanes of at least 4 members (excludes halogenated alkanes) is 10. The first-order chi connectivity index (χ1) is 14.9. The SMILES string of the molecule is CC(C)OCCSCCCCCCCCCCCCCc1c(F)c(F)c(F)c(F)c1F. The largest absolute Gasteiger partial charge is 0.378 e. The molecule has 0 radical (unpaired) electrons. The summed E-state index contributed by atoms with van der Waals surface area (Å²) < 4.78 is 72.1. The lowest BCUT2D eigenvalue weighted by atomic mass is 10.0. The quantitative estimate of drug-likeness (QED) is 0.0926. The van der Waals surface area contributed by atoms with Gasteiger partial charge in [0.1, 0.15) is 0 Å². The summed E-state index contributed by atoms with van der Waals surface area (Å²) in [6.45, 7) is 4.94. The molecule has 0 saturated heterocycles. The molecule has 0 bridgehead atoms. The Morgan fingerprint density at radius 2 is 1.00 bits per heavy atom. The number of hydrogen-bond acceptors (Lipinski definition) is 2. The highest BCUT2D eigenvalue weighted by Crippen LogP contribution is 2.24. The Balaban J connectivity index is 1.94. The zero-order valence-corrected chi connectivity index (χ0v) is 19.7. The summed E-state index contributed by atoms with van der Waals surface area (Å²) in [5.74, 6) is -6.94. The van der Waals surface area contributed by atoms with Crippen LogP contribution in [0.25, 0.3) is 0 Å². The van der Waals surface area contributed by atoms with E-state index >= 15 is 0 Å². The molecule has 1 rings (SSSR count). The molecule has 0 spiro atoms. The molecule has 0 atom stereocenters. The van der Waals surface area contributed by atoms with Crippen molar-refractivity contribution in [2.75, 3.05) is 18.1 Å². The Bertz CT molecular complexity index is 595. The highest BCUT2D eigenvalue weighted by atomic mass is 32.2. The van der Waals surface area contributed by atoms with Gasteiger partial charge in [-0.05, 0) is 38.9 Å². The number of benzene rings is 1. The van der Waals surface area contributed by atoms with Gasteiger partial charge in [-0.25, -0.2) is 22.0 Å². The third-order valence-electron chi connectivity index (χ3n) is 5.20. The Labute approximate surface area is 188 Å². The minimum Gasteiger partial charge on any atom is -0.378 e. The summed E-state index contributed by atoms with van der Waals surface area (Å²) in [4.78, 5) is 0. The van der Waals surface area contributed by atoms with E-state index in [1.165, 1.54) is 44.3 Å². The van der Waals surface area contributed by atoms with Gasteiger partial charge in [-0.2, -0.15) is 11.8 Å². The van der Waals surface area contributed by atoms with Crippen LogP contribution in [0.2, 0.25) is 0 Å². The molecule has 1 nitrogen and oxygen atoms in total. The van der Waals surface area contributed by atoms with Crippen LogP contribution in [0.4, 0.5) is 22.0 Å². The van der Waals surface area contributed by atoms with E-state index in [0.29, 0.717) is 12.5 Å². The van der Waals surface area contributed by atoms with Crippen LogP contribution in [0.1, 0.15) is 90.0 Å². The molecule has 1 aromatic rings. The molecule has 0 aromatic heterocycles. The third-order valence-corrected chi connectivity index (χ3v) is 6.23. The Morgan fingerprint density at radius 3 is 1.48 bits per heavy atom. The maximum absolute atomic E-state index is 13.6. The van der Waals surface area contributed by atoms with Gasteiger partial charge in [-0.15, -0.1) is 0 Å². The molecule has 0 unspecified atom stereocenters. The van der Waals surface area contributed by atoms with Crippen molar-refractivity contribution in [2.24, 2.45) is 0 Å². The first-order valence-corrected chi connectivity index (χ1v) is 12.7. The molecule has 0 amide bonds. The number of halogens is 5. The second-order valence-electron chi connectivity index (χ2n) is 8.22. The van der Waals surface area contributed by atoms with Crippen molar-refractivity contribution in [3.8, 4) is 0 Å². The zero-order valence-electron chi connectivity index (χ0n) is 18.9. The lowest BCUT2D eigenvalue weighted by Gasteiger charge is -2.08. The van der Waals surface area contributed by atoms with E-state index in [2.05, 4.69) is 13.8 Å². The molecule has 0 aliphatic heterocycles. The maximum Gasteiger partial charge on any atom is 0.200 e. The first-order valence-electron chi connectivity index (χ1n) is 11.6. The molecule has 0 heterocycles. The van der Waals surface area contributed by atoms with E-state index in [0.717, 1.165) is 38.0 Å². The van der Waals surface area contributed by atoms with Crippen LogP contribution in [0.5, 0.6) is 0 Å². The van der Waals surface area contributed by atoms with Crippen molar-refractivity contribution in [2.45, 2.75) is 97.0 Å². The molecular formula is C24H37F5OS. The average molecular weight is 469 g/mol. The second kappa shape index (κ2) is 16.8. The summed E-state index contributed by atoms with van der Waals surface area (Å²) >= 11 is 1.96. The van der Waals surface area contributed by atoms with Gasteiger partial charge < -0.3 is 4.74 Å². The summed E-state index contributed by atoms with van der Waals surface area (Å²) in [6.07, 6.45) is 11.8.